The topological polar surface area (TPSA) is 88.2 Å². The van der Waals surface area contributed by atoms with E-state index >= 15 is 0 Å². The molecule has 21 heavy (non-hydrogen) atoms. The fourth-order valence-electron chi connectivity index (χ4n) is 1.90. The van der Waals surface area contributed by atoms with Crippen LogP contribution in [0.15, 0.2) is 42.7 Å². The molecule has 5 heteroatoms. The molecule has 110 valence electrons. The summed E-state index contributed by atoms with van der Waals surface area (Å²) in [5, 5.41) is 12.3. The van der Waals surface area contributed by atoms with E-state index in [0.29, 0.717) is 12.2 Å². The van der Waals surface area contributed by atoms with Crippen molar-refractivity contribution < 1.29 is 9.90 Å². The van der Waals surface area contributed by atoms with Crippen LogP contribution < -0.4 is 11.1 Å². The number of benzene rings is 1. The van der Waals surface area contributed by atoms with E-state index < -0.39 is 0 Å². The van der Waals surface area contributed by atoms with E-state index in [1.165, 1.54) is 18.5 Å². The lowest BCUT2D eigenvalue weighted by Gasteiger charge is -2.23. The van der Waals surface area contributed by atoms with Gasteiger partial charge in [-0.25, -0.2) is 0 Å². The monoisotopic (exact) mass is 285 g/mol. The molecule has 0 saturated heterocycles. The molecular weight excluding hydrogens is 266 g/mol. The van der Waals surface area contributed by atoms with E-state index in [0.717, 1.165) is 5.56 Å². The molecule has 0 atom stereocenters. The molecule has 1 heterocycles. The van der Waals surface area contributed by atoms with Crippen LogP contribution >= 0.6 is 0 Å². The number of rotatable bonds is 4. The Kier molecular flexibility index (Phi) is 4.23. The zero-order valence-electron chi connectivity index (χ0n) is 12.1. The van der Waals surface area contributed by atoms with Gasteiger partial charge in [0.05, 0.1) is 11.8 Å². The standard InChI is InChI=1S/C16H19N3O2/c1-16(2,10-17)11-3-5-12(6-4-11)19-15(21)13-7-8-18-9-14(13)20/h3-9,20H,10,17H2,1-2H3,(H,19,21). The molecule has 4 N–H and O–H groups in total. The summed E-state index contributed by atoms with van der Waals surface area (Å²) >= 11 is 0. The number of amides is 1. The second-order valence-electron chi connectivity index (χ2n) is 5.51. The van der Waals surface area contributed by atoms with Crippen LogP contribution in [0.2, 0.25) is 0 Å². The summed E-state index contributed by atoms with van der Waals surface area (Å²) in [6.45, 7) is 4.68. The average molecular weight is 285 g/mol. The number of pyridine rings is 1. The Balaban J connectivity index is 2.14. The Hall–Kier alpha value is -2.40. The summed E-state index contributed by atoms with van der Waals surface area (Å²) in [6, 6.07) is 8.99. The van der Waals surface area contributed by atoms with Gasteiger partial charge >= 0.3 is 0 Å². The zero-order valence-corrected chi connectivity index (χ0v) is 12.1. The molecule has 0 bridgehead atoms. The maximum Gasteiger partial charge on any atom is 0.259 e. The van der Waals surface area contributed by atoms with Crippen LogP contribution in [-0.4, -0.2) is 22.5 Å². The van der Waals surface area contributed by atoms with E-state index in [1.54, 1.807) is 0 Å². The van der Waals surface area contributed by atoms with Gasteiger partial charge in [-0.15, -0.1) is 0 Å². The van der Waals surface area contributed by atoms with E-state index in [4.69, 9.17) is 5.73 Å². The van der Waals surface area contributed by atoms with Gasteiger partial charge < -0.3 is 16.2 Å². The third-order valence-electron chi connectivity index (χ3n) is 3.48. The van der Waals surface area contributed by atoms with Gasteiger partial charge in [0.25, 0.3) is 5.91 Å². The van der Waals surface area contributed by atoms with Crippen molar-refractivity contribution in [2.24, 2.45) is 5.73 Å². The number of nitrogens with two attached hydrogens (primary N) is 1. The van der Waals surface area contributed by atoms with Gasteiger partial charge in [0.15, 0.2) is 0 Å². The second-order valence-corrected chi connectivity index (χ2v) is 5.51. The van der Waals surface area contributed by atoms with Crippen LogP contribution in [-0.2, 0) is 5.41 Å². The lowest BCUT2D eigenvalue weighted by molar-refractivity contribution is 0.102. The Morgan fingerprint density at radius 2 is 1.95 bits per heavy atom. The Morgan fingerprint density at radius 3 is 2.52 bits per heavy atom. The van der Waals surface area contributed by atoms with Crippen LogP contribution in [0.25, 0.3) is 0 Å². The predicted octanol–water partition coefficient (Wildman–Crippen LogP) is 2.28. The van der Waals surface area contributed by atoms with Crippen LogP contribution in [0, 0.1) is 0 Å². The van der Waals surface area contributed by atoms with Crippen molar-refractivity contribution >= 4 is 11.6 Å². The molecule has 2 rings (SSSR count). The number of carbonyl (C=O) groups excluding carboxylic acids is 1. The van der Waals surface area contributed by atoms with Crippen molar-refractivity contribution in [1.29, 1.82) is 0 Å². The lowest BCUT2D eigenvalue weighted by Crippen LogP contribution is -2.27. The van der Waals surface area contributed by atoms with Gasteiger partial charge in [-0.1, -0.05) is 26.0 Å². The fraction of sp³-hybridized carbons (Fsp3) is 0.250. The molecule has 0 spiro atoms. The summed E-state index contributed by atoms with van der Waals surface area (Å²) in [6.07, 6.45) is 2.70. The summed E-state index contributed by atoms with van der Waals surface area (Å²) in [5.41, 5.74) is 7.60. The van der Waals surface area contributed by atoms with Crippen molar-refractivity contribution in [3.05, 3.63) is 53.9 Å². The highest BCUT2D eigenvalue weighted by Crippen LogP contribution is 2.24. The van der Waals surface area contributed by atoms with Crippen LogP contribution in [0.4, 0.5) is 5.69 Å². The number of hydrogen-bond acceptors (Lipinski definition) is 4. The molecule has 0 aliphatic heterocycles. The highest BCUT2D eigenvalue weighted by Gasteiger charge is 2.18. The first-order valence-electron chi connectivity index (χ1n) is 6.69. The van der Waals surface area contributed by atoms with Gasteiger partial charge in [-0.3, -0.25) is 9.78 Å². The third-order valence-corrected chi connectivity index (χ3v) is 3.48. The summed E-state index contributed by atoms with van der Waals surface area (Å²) in [7, 11) is 0. The predicted molar refractivity (Wildman–Crippen MR) is 82.4 cm³/mol. The maximum atomic E-state index is 12.1. The van der Waals surface area contributed by atoms with Crippen molar-refractivity contribution in [3.63, 3.8) is 0 Å². The molecular formula is C16H19N3O2. The van der Waals surface area contributed by atoms with Crippen LogP contribution in [0.1, 0.15) is 29.8 Å². The minimum atomic E-state index is -0.374. The minimum absolute atomic E-state index is 0.105. The third kappa shape index (κ3) is 3.38. The molecule has 0 aliphatic rings. The molecule has 0 radical (unpaired) electrons. The summed E-state index contributed by atoms with van der Waals surface area (Å²) < 4.78 is 0. The fourth-order valence-corrected chi connectivity index (χ4v) is 1.90. The van der Waals surface area contributed by atoms with Crippen LogP contribution in [0.5, 0.6) is 5.75 Å². The number of hydrogen-bond donors (Lipinski definition) is 3. The van der Waals surface area contributed by atoms with Crippen molar-refractivity contribution in [2.75, 3.05) is 11.9 Å². The van der Waals surface area contributed by atoms with E-state index in [9.17, 15) is 9.90 Å². The number of nitrogens with zero attached hydrogens (tertiary/aromatic N) is 1. The number of anilines is 1. The maximum absolute atomic E-state index is 12.1. The van der Waals surface area contributed by atoms with Gasteiger partial charge in [0.2, 0.25) is 0 Å². The first kappa shape index (κ1) is 15.0. The minimum Gasteiger partial charge on any atom is -0.505 e. The largest absolute Gasteiger partial charge is 0.505 e. The van der Waals surface area contributed by atoms with E-state index in [2.05, 4.69) is 24.1 Å². The normalized spacial score (nSPS) is 11.2. The average Bonchev–Trinajstić information content (AvgIpc) is 2.48. The number of aromatic nitrogens is 1. The number of aromatic hydroxyl groups is 1. The molecule has 0 unspecified atom stereocenters. The van der Waals surface area contributed by atoms with Crippen molar-refractivity contribution in [2.45, 2.75) is 19.3 Å². The summed E-state index contributed by atoms with van der Waals surface area (Å²) in [4.78, 5) is 15.8. The number of nitrogens with one attached hydrogen (secondary N) is 1. The van der Waals surface area contributed by atoms with Gasteiger partial charge in [0.1, 0.15) is 5.75 Å². The van der Waals surface area contributed by atoms with Crippen LogP contribution in [0.3, 0.4) is 0 Å². The highest BCUT2D eigenvalue weighted by atomic mass is 16.3. The van der Waals surface area contributed by atoms with Gasteiger partial charge in [-0.05, 0) is 23.8 Å². The lowest BCUT2D eigenvalue weighted by atomic mass is 9.85. The zero-order chi connectivity index (χ0) is 15.5. The molecule has 0 aliphatic carbocycles. The molecule has 1 aromatic carbocycles. The molecule has 5 nitrogen and oxygen atoms in total. The molecule has 1 amide bonds. The van der Waals surface area contributed by atoms with Gasteiger partial charge in [0, 0.05) is 23.8 Å². The molecule has 0 fully saturated rings. The molecule has 2 aromatic rings. The SMILES string of the molecule is CC(C)(CN)c1ccc(NC(=O)c2ccncc2O)cc1. The summed E-state index contributed by atoms with van der Waals surface area (Å²) in [5.74, 6) is -0.517. The van der Waals surface area contributed by atoms with Gasteiger partial charge in [-0.2, -0.15) is 0 Å². The second kappa shape index (κ2) is 5.93. The Bertz CT molecular complexity index is 636. The Labute approximate surface area is 123 Å². The quantitative estimate of drug-likeness (QED) is 0.804. The van der Waals surface area contributed by atoms with Crippen molar-refractivity contribution in [3.8, 4) is 5.75 Å². The molecule has 0 saturated carbocycles. The highest BCUT2D eigenvalue weighted by molar-refractivity contribution is 6.05. The van der Waals surface area contributed by atoms with E-state index in [-0.39, 0.29) is 22.6 Å². The molecule has 1 aromatic heterocycles. The smallest absolute Gasteiger partial charge is 0.259 e. The van der Waals surface area contributed by atoms with Crippen molar-refractivity contribution in [1.82, 2.24) is 4.98 Å². The van der Waals surface area contributed by atoms with E-state index in [1.807, 2.05) is 24.3 Å². The number of carbonyl (C=O) groups is 1. The first-order chi connectivity index (χ1) is 9.94. The first-order valence-corrected chi connectivity index (χ1v) is 6.69. The Morgan fingerprint density at radius 1 is 1.29 bits per heavy atom.